The minimum Gasteiger partial charge on any atom is -0.306 e. The van der Waals surface area contributed by atoms with Crippen molar-refractivity contribution in [1.29, 1.82) is 0 Å². The van der Waals surface area contributed by atoms with Crippen molar-refractivity contribution in [2.75, 3.05) is 5.75 Å². The van der Waals surface area contributed by atoms with Gasteiger partial charge in [0.05, 0.1) is 0 Å². The van der Waals surface area contributed by atoms with Crippen molar-refractivity contribution in [3.05, 3.63) is 65.0 Å². The Morgan fingerprint density at radius 2 is 2.00 bits per heavy atom. The van der Waals surface area contributed by atoms with E-state index in [-0.39, 0.29) is 11.9 Å². The molecule has 2 aromatic rings. The molecule has 0 spiro atoms. The van der Waals surface area contributed by atoms with E-state index in [0.717, 1.165) is 24.3 Å². The van der Waals surface area contributed by atoms with Gasteiger partial charge in [-0.15, -0.1) is 11.8 Å². The maximum atomic E-state index is 13.4. The highest BCUT2D eigenvalue weighted by atomic mass is 32.2. The van der Waals surface area contributed by atoms with Crippen molar-refractivity contribution in [3.8, 4) is 0 Å². The fourth-order valence-electron chi connectivity index (χ4n) is 2.52. The first kappa shape index (κ1) is 13.7. The van der Waals surface area contributed by atoms with Gasteiger partial charge in [-0.05, 0) is 48.4 Å². The van der Waals surface area contributed by atoms with Crippen LogP contribution in [0.25, 0.3) is 0 Å². The highest BCUT2D eigenvalue weighted by molar-refractivity contribution is 7.99. The Hall–Kier alpha value is -1.32. The van der Waals surface area contributed by atoms with E-state index in [0.29, 0.717) is 0 Å². The highest BCUT2D eigenvalue weighted by Crippen LogP contribution is 2.36. The summed E-state index contributed by atoms with van der Waals surface area (Å²) in [5.41, 5.74) is 3.65. The third-order valence-electron chi connectivity index (χ3n) is 3.68. The summed E-state index contributed by atoms with van der Waals surface area (Å²) in [6.07, 6.45) is 1.05. The van der Waals surface area contributed by atoms with Gasteiger partial charge in [0.2, 0.25) is 0 Å². The first-order valence-corrected chi connectivity index (χ1v) is 7.92. The molecular formula is C17H18FNS. The number of benzene rings is 2. The molecule has 1 aliphatic heterocycles. The summed E-state index contributed by atoms with van der Waals surface area (Å²) in [6.45, 7) is 2.92. The van der Waals surface area contributed by atoms with Crippen molar-refractivity contribution in [1.82, 2.24) is 5.32 Å². The van der Waals surface area contributed by atoms with Crippen LogP contribution in [0, 0.1) is 12.7 Å². The predicted octanol–water partition coefficient (Wildman–Crippen LogP) is 4.46. The lowest BCUT2D eigenvalue weighted by atomic mass is 10.0. The van der Waals surface area contributed by atoms with Crippen LogP contribution in [0.1, 0.15) is 29.2 Å². The molecule has 1 unspecified atom stereocenters. The van der Waals surface area contributed by atoms with Crippen LogP contribution in [0.5, 0.6) is 0 Å². The molecule has 0 bridgehead atoms. The largest absolute Gasteiger partial charge is 0.306 e. The van der Waals surface area contributed by atoms with Crippen LogP contribution in [0.2, 0.25) is 0 Å². The molecule has 1 N–H and O–H groups in total. The van der Waals surface area contributed by atoms with Crippen LogP contribution in [0.15, 0.2) is 47.4 Å². The maximum absolute atomic E-state index is 13.4. The van der Waals surface area contributed by atoms with Gasteiger partial charge in [0, 0.05) is 17.5 Å². The smallest absolute Gasteiger partial charge is 0.123 e. The monoisotopic (exact) mass is 287 g/mol. The van der Waals surface area contributed by atoms with E-state index in [9.17, 15) is 4.39 Å². The van der Waals surface area contributed by atoms with E-state index >= 15 is 0 Å². The van der Waals surface area contributed by atoms with Gasteiger partial charge < -0.3 is 5.32 Å². The van der Waals surface area contributed by atoms with Crippen LogP contribution in [0.3, 0.4) is 0 Å². The van der Waals surface area contributed by atoms with Gasteiger partial charge in [0.15, 0.2) is 0 Å². The van der Waals surface area contributed by atoms with E-state index in [2.05, 4.69) is 36.5 Å². The lowest BCUT2D eigenvalue weighted by molar-refractivity contribution is 0.504. The van der Waals surface area contributed by atoms with Gasteiger partial charge in [-0.3, -0.25) is 0 Å². The molecule has 2 aromatic carbocycles. The summed E-state index contributed by atoms with van der Waals surface area (Å²) >= 11 is 1.82. The quantitative estimate of drug-likeness (QED) is 0.894. The van der Waals surface area contributed by atoms with Gasteiger partial charge in [0.25, 0.3) is 0 Å². The van der Waals surface area contributed by atoms with E-state index < -0.39 is 0 Å². The van der Waals surface area contributed by atoms with Crippen LogP contribution in [-0.2, 0) is 6.54 Å². The Bertz CT molecular complexity index is 594. The molecule has 0 aliphatic carbocycles. The average molecular weight is 287 g/mol. The third-order valence-corrected chi connectivity index (χ3v) is 4.81. The van der Waals surface area contributed by atoms with Crippen molar-refractivity contribution >= 4 is 11.8 Å². The van der Waals surface area contributed by atoms with Gasteiger partial charge in [-0.1, -0.05) is 29.8 Å². The Labute approximate surface area is 123 Å². The second kappa shape index (κ2) is 5.98. The maximum Gasteiger partial charge on any atom is 0.123 e. The van der Waals surface area contributed by atoms with Crippen LogP contribution in [-0.4, -0.2) is 5.75 Å². The summed E-state index contributed by atoms with van der Waals surface area (Å²) in [5, 5.41) is 3.56. The first-order chi connectivity index (χ1) is 9.72. The van der Waals surface area contributed by atoms with Crippen LogP contribution < -0.4 is 5.32 Å². The molecule has 20 heavy (non-hydrogen) atoms. The number of nitrogens with one attached hydrogen (secondary N) is 1. The first-order valence-electron chi connectivity index (χ1n) is 6.93. The minimum atomic E-state index is -0.145. The molecule has 0 saturated heterocycles. The van der Waals surface area contributed by atoms with Gasteiger partial charge in [-0.2, -0.15) is 0 Å². The van der Waals surface area contributed by atoms with Gasteiger partial charge in [0.1, 0.15) is 5.82 Å². The van der Waals surface area contributed by atoms with Crippen molar-refractivity contribution in [2.45, 2.75) is 30.8 Å². The number of fused-ring (bicyclic) bond motifs is 1. The van der Waals surface area contributed by atoms with E-state index in [4.69, 9.17) is 0 Å². The zero-order valence-corrected chi connectivity index (χ0v) is 12.3. The van der Waals surface area contributed by atoms with Crippen molar-refractivity contribution in [2.24, 2.45) is 0 Å². The fourth-order valence-corrected chi connectivity index (χ4v) is 3.63. The summed E-state index contributed by atoms with van der Waals surface area (Å²) in [7, 11) is 0. The standard InChI is InChI=1S/C17H18FNS/c1-12-2-4-13(5-3-12)11-19-16-8-9-20-17-7-6-14(18)10-15(16)17/h2-7,10,16,19H,8-9,11H2,1H3. The number of hydrogen-bond donors (Lipinski definition) is 1. The molecule has 0 radical (unpaired) electrons. The molecule has 0 fully saturated rings. The molecule has 3 rings (SSSR count). The summed E-state index contributed by atoms with van der Waals surface area (Å²) in [4.78, 5) is 1.21. The number of rotatable bonds is 3. The van der Waals surface area contributed by atoms with E-state index in [1.54, 1.807) is 12.1 Å². The Morgan fingerprint density at radius 3 is 2.80 bits per heavy atom. The zero-order chi connectivity index (χ0) is 13.9. The lowest BCUT2D eigenvalue weighted by Crippen LogP contribution is -2.24. The van der Waals surface area contributed by atoms with Gasteiger partial charge >= 0.3 is 0 Å². The molecule has 104 valence electrons. The second-order valence-electron chi connectivity index (χ2n) is 5.24. The Balaban J connectivity index is 1.73. The summed E-state index contributed by atoms with van der Waals surface area (Å²) < 4.78 is 13.4. The second-order valence-corrected chi connectivity index (χ2v) is 6.38. The lowest BCUT2D eigenvalue weighted by Gasteiger charge is -2.26. The molecule has 3 heteroatoms. The molecule has 1 nitrogen and oxygen atoms in total. The topological polar surface area (TPSA) is 12.0 Å². The van der Waals surface area contributed by atoms with Crippen LogP contribution in [0.4, 0.5) is 4.39 Å². The Morgan fingerprint density at radius 1 is 1.20 bits per heavy atom. The average Bonchev–Trinajstić information content (AvgIpc) is 2.47. The van der Waals surface area contributed by atoms with Crippen molar-refractivity contribution in [3.63, 3.8) is 0 Å². The number of aryl methyl sites for hydroxylation is 1. The predicted molar refractivity (Wildman–Crippen MR) is 82.5 cm³/mol. The molecule has 1 aliphatic rings. The molecular weight excluding hydrogens is 269 g/mol. The molecule has 0 saturated carbocycles. The molecule has 1 heterocycles. The molecule has 0 aromatic heterocycles. The van der Waals surface area contributed by atoms with Crippen molar-refractivity contribution < 1.29 is 4.39 Å². The third kappa shape index (κ3) is 3.05. The Kier molecular flexibility index (Phi) is 4.08. The fraction of sp³-hybridized carbons (Fsp3) is 0.294. The van der Waals surface area contributed by atoms with E-state index in [1.165, 1.54) is 16.0 Å². The number of hydrogen-bond acceptors (Lipinski definition) is 2. The minimum absolute atomic E-state index is 0.145. The normalized spacial score (nSPS) is 17.8. The SMILES string of the molecule is Cc1ccc(CNC2CCSc3ccc(F)cc32)cc1. The molecule has 0 amide bonds. The summed E-state index contributed by atoms with van der Waals surface area (Å²) in [6, 6.07) is 13.9. The number of halogens is 1. The highest BCUT2D eigenvalue weighted by Gasteiger charge is 2.20. The van der Waals surface area contributed by atoms with E-state index in [1.807, 2.05) is 17.8 Å². The van der Waals surface area contributed by atoms with Gasteiger partial charge in [-0.25, -0.2) is 4.39 Å². The summed E-state index contributed by atoms with van der Waals surface area (Å²) in [5.74, 6) is 0.942. The number of thioether (sulfide) groups is 1. The van der Waals surface area contributed by atoms with Crippen LogP contribution >= 0.6 is 11.8 Å². The molecule has 1 atom stereocenters. The zero-order valence-electron chi connectivity index (χ0n) is 11.5.